The maximum atomic E-state index is 12.9. The molecule has 0 radical (unpaired) electrons. The molecule has 2 aromatic rings. The molecular formula is C21H24FN3O2. The molecule has 142 valence electrons. The van der Waals surface area contributed by atoms with Crippen molar-refractivity contribution in [2.75, 3.05) is 31.1 Å². The number of hydrogen-bond donors (Lipinski definition) is 0. The lowest BCUT2D eigenvalue weighted by atomic mass is 10.1. The Morgan fingerprint density at radius 2 is 1.96 bits per heavy atom. The molecule has 4 rings (SSSR count). The predicted molar refractivity (Wildman–Crippen MR) is 101 cm³/mol. The van der Waals surface area contributed by atoms with Crippen LogP contribution in [0.3, 0.4) is 0 Å². The van der Waals surface area contributed by atoms with Crippen molar-refractivity contribution in [1.29, 1.82) is 0 Å². The number of benzene rings is 1. The first-order valence-electron chi connectivity index (χ1n) is 9.58. The van der Waals surface area contributed by atoms with Gasteiger partial charge in [0.2, 0.25) is 5.91 Å². The van der Waals surface area contributed by atoms with Crippen molar-refractivity contribution >= 4 is 11.7 Å². The van der Waals surface area contributed by atoms with Crippen LogP contribution in [0, 0.1) is 5.82 Å². The minimum atomic E-state index is -0.253. The summed E-state index contributed by atoms with van der Waals surface area (Å²) in [4.78, 5) is 20.9. The van der Waals surface area contributed by atoms with Gasteiger partial charge in [-0.1, -0.05) is 6.07 Å². The lowest BCUT2D eigenvalue weighted by Gasteiger charge is -2.39. The number of amides is 1. The summed E-state index contributed by atoms with van der Waals surface area (Å²) >= 11 is 0. The summed E-state index contributed by atoms with van der Waals surface area (Å²) in [7, 11) is 0. The SMILES string of the molecule is O=C1CCCCN1c1ncccc1CCN1CC(Oc2ccc(F)cc2)C1. The second-order valence-electron chi connectivity index (χ2n) is 7.19. The van der Waals surface area contributed by atoms with Crippen LogP contribution in [0.1, 0.15) is 24.8 Å². The van der Waals surface area contributed by atoms with Gasteiger partial charge in [-0.05, 0) is 55.2 Å². The third kappa shape index (κ3) is 4.27. The fraction of sp³-hybridized carbons (Fsp3) is 0.429. The number of rotatable bonds is 6. The lowest BCUT2D eigenvalue weighted by molar-refractivity contribution is -0.119. The number of piperidine rings is 1. The Labute approximate surface area is 158 Å². The number of pyridine rings is 1. The molecule has 6 heteroatoms. The van der Waals surface area contributed by atoms with Crippen LogP contribution in [0.2, 0.25) is 0 Å². The first kappa shape index (κ1) is 17.9. The van der Waals surface area contributed by atoms with Gasteiger partial charge in [0.15, 0.2) is 0 Å². The number of anilines is 1. The van der Waals surface area contributed by atoms with E-state index >= 15 is 0 Å². The summed E-state index contributed by atoms with van der Waals surface area (Å²) in [5, 5.41) is 0. The molecule has 0 spiro atoms. The topological polar surface area (TPSA) is 45.7 Å². The van der Waals surface area contributed by atoms with Gasteiger partial charge in [-0.3, -0.25) is 14.6 Å². The van der Waals surface area contributed by atoms with E-state index in [9.17, 15) is 9.18 Å². The van der Waals surface area contributed by atoms with Crippen LogP contribution in [0.25, 0.3) is 0 Å². The average molecular weight is 369 g/mol. The molecule has 5 nitrogen and oxygen atoms in total. The maximum Gasteiger partial charge on any atom is 0.228 e. The van der Waals surface area contributed by atoms with E-state index in [0.717, 1.165) is 56.8 Å². The van der Waals surface area contributed by atoms with Gasteiger partial charge in [0.1, 0.15) is 23.5 Å². The fourth-order valence-electron chi connectivity index (χ4n) is 3.66. The van der Waals surface area contributed by atoms with Gasteiger partial charge in [0.25, 0.3) is 0 Å². The number of ether oxygens (including phenoxy) is 1. The molecule has 0 unspecified atom stereocenters. The van der Waals surface area contributed by atoms with Crippen LogP contribution < -0.4 is 9.64 Å². The van der Waals surface area contributed by atoms with E-state index in [2.05, 4.69) is 16.0 Å². The second-order valence-corrected chi connectivity index (χ2v) is 7.19. The molecule has 3 heterocycles. The van der Waals surface area contributed by atoms with Crippen molar-refractivity contribution in [2.24, 2.45) is 0 Å². The third-order valence-corrected chi connectivity index (χ3v) is 5.18. The minimum absolute atomic E-state index is 0.146. The van der Waals surface area contributed by atoms with Crippen LogP contribution in [-0.4, -0.2) is 48.1 Å². The Bertz CT molecular complexity index is 790. The summed E-state index contributed by atoms with van der Waals surface area (Å²) < 4.78 is 18.8. The number of hydrogen-bond acceptors (Lipinski definition) is 4. The Balaban J connectivity index is 1.29. The fourth-order valence-corrected chi connectivity index (χ4v) is 3.66. The number of halogens is 1. The van der Waals surface area contributed by atoms with Gasteiger partial charge in [-0.15, -0.1) is 0 Å². The summed E-state index contributed by atoms with van der Waals surface area (Å²) in [5.41, 5.74) is 1.12. The van der Waals surface area contributed by atoms with Crippen molar-refractivity contribution in [3.05, 3.63) is 54.0 Å². The molecule has 0 N–H and O–H groups in total. The van der Waals surface area contributed by atoms with E-state index < -0.39 is 0 Å². The van der Waals surface area contributed by atoms with E-state index in [1.807, 2.05) is 11.0 Å². The summed E-state index contributed by atoms with van der Waals surface area (Å²) in [6.45, 7) is 3.38. The lowest BCUT2D eigenvalue weighted by Crippen LogP contribution is -2.54. The maximum absolute atomic E-state index is 12.9. The van der Waals surface area contributed by atoms with Crippen molar-refractivity contribution in [3.63, 3.8) is 0 Å². The average Bonchev–Trinajstić information content (AvgIpc) is 2.66. The van der Waals surface area contributed by atoms with Crippen molar-refractivity contribution < 1.29 is 13.9 Å². The van der Waals surface area contributed by atoms with Gasteiger partial charge >= 0.3 is 0 Å². The van der Waals surface area contributed by atoms with E-state index in [1.54, 1.807) is 18.3 Å². The molecule has 0 saturated carbocycles. The number of aromatic nitrogens is 1. The highest BCUT2D eigenvalue weighted by Crippen LogP contribution is 2.24. The van der Waals surface area contributed by atoms with Gasteiger partial charge in [0.05, 0.1) is 0 Å². The molecule has 0 bridgehead atoms. The zero-order chi connectivity index (χ0) is 18.6. The van der Waals surface area contributed by atoms with Crippen LogP contribution in [0.15, 0.2) is 42.6 Å². The smallest absolute Gasteiger partial charge is 0.228 e. The van der Waals surface area contributed by atoms with Crippen LogP contribution in [0.4, 0.5) is 10.2 Å². The van der Waals surface area contributed by atoms with E-state index in [-0.39, 0.29) is 17.8 Å². The van der Waals surface area contributed by atoms with Gasteiger partial charge in [0, 0.05) is 38.8 Å². The summed E-state index contributed by atoms with van der Waals surface area (Å²) in [6.07, 6.45) is 5.39. The standard InChI is InChI=1S/C21H24FN3O2/c22-17-6-8-18(9-7-17)27-19-14-24(15-19)13-10-16-4-3-11-23-21(16)25-12-2-1-5-20(25)26/h3-4,6-9,11,19H,1-2,5,10,12-15H2. The molecular weight excluding hydrogens is 345 g/mol. The van der Waals surface area contributed by atoms with Crippen LogP contribution in [-0.2, 0) is 11.2 Å². The molecule has 1 amide bonds. The van der Waals surface area contributed by atoms with E-state index in [4.69, 9.17) is 4.74 Å². The zero-order valence-corrected chi connectivity index (χ0v) is 15.3. The van der Waals surface area contributed by atoms with Crippen molar-refractivity contribution in [2.45, 2.75) is 31.8 Å². The number of carbonyl (C=O) groups is 1. The summed E-state index contributed by atoms with van der Waals surface area (Å²) in [6, 6.07) is 10.2. The highest BCUT2D eigenvalue weighted by atomic mass is 19.1. The normalized spacial score (nSPS) is 18.4. The van der Waals surface area contributed by atoms with Gasteiger partial charge in [-0.2, -0.15) is 0 Å². The molecule has 2 fully saturated rings. The number of nitrogens with zero attached hydrogens (tertiary/aromatic N) is 3. The first-order valence-corrected chi connectivity index (χ1v) is 9.58. The van der Waals surface area contributed by atoms with Crippen LogP contribution in [0.5, 0.6) is 5.75 Å². The number of likely N-dealkylation sites (tertiary alicyclic amines) is 1. The van der Waals surface area contributed by atoms with E-state index in [0.29, 0.717) is 12.2 Å². The molecule has 2 aliphatic heterocycles. The Morgan fingerprint density at radius 1 is 1.15 bits per heavy atom. The second kappa shape index (κ2) is 8.05. The molecule has 2 aliphatic rings. The molecule has 1 aromatic heterocycles. The number of carbonyl (C=O) groups excluding carboxylic acids is 1. The van der Waals surface area contributed by atoms with E-state index in [1.165, 1.54) is 12.1 Å². The molecule has 27 heavy (non-hydrogen) atoms. The predicted octanol–water partition coefficient (Wildman–Crippen LogP) is 3.04. The molecule has 0 aliphatic carbocycles. The molecule has 2 saturated heterocycles. The minimum Gasteiger partial charge on any atom is -0.488 e. The van der Waals surface area contributed by atoms with Gasteiger partial charge in [-0.25, -0.2) is 9.37 Å². The highest BCUT2D eigenvalue weighted by Gasteiger charge is 2.29. The Morgan fingerprint density at radius 3 is 2.74 bits per heavy atom. The first-order chi connectivity index (χ1) is 13.2. The highest BCUT2D eigenvalue weighted by molar-refractivity contribution is 5.93. The molecule has 0 atom stereocenters. The van der Waals surface area contributed by atoms with Crippen molar-refractivity contribution in [1.82, 2.24) is 9.88 Å². The monoisotopic (exact) mass is 369 g/mol. The van der Waals surface area contributed by atoms with Crippen LogP contribution >= 0.6 is 0 Å². The quantitative estimate of drug-likeness (QED) is 0.785. The largest absolute Gasteiger partial charge is 0.488 e. The molecule has 1 aromatic carbocycles. The Kier molecular flexibility index (Phi) is 5.34. The third-order valence-electron chi connectivity index (χ3n) is 5.18. The van der Waals surface area contributed by atoms with Gasteiger partial charge < -0.3 is 4.74 Å². The van der Waals surface area contributed by atoms with Crippen molar-refractivity contribution in [3.8, 4) is 5.75 Å². The zero-order valence-electron chi connectivity index (χ0n) is 15.3. The Hall–Kier alpha value is -2.47. The summed E-state index contributed by atoms with van der Waals surface area (Å²) in [5.74, 6) is 1.45.